The van der Waals surface area contributed by atoms with E-state index >= 15 is 0 Å². The molecule has 3 aromatic rings. The first-order valence-corrected chi connectivity index (χ1v) is 16.1. The lowest BCUT2D eigenvalue weighted by Crippen LogP contribution is -2.16. The van der Waals surface area contributed by atoms with Crippen molar-refractivity contribution in [3.8, 4) is 22.9 Å². The van der Waals surface area contributed by atoms with Gasteiger partial charge in [-0.25, -0.2) is 0 Å². The van der Waals surface area contributed by atoms with Gasteiger partial charge < -0.3 is 0 Å². The Bertz CT molecular complexity index is 1010. The van der Waals surface area contributed by atoms with Gasteiger partial charge in [-0.15, -0.1) is 11.1 Å². The number of fused-ring (bicyclic) bond motifs is 2. The van der Waals surface area contributed by atoms with Crippen LogP contribution in [0.1, 0.15) is 11.1 Å². The lowest BCUT2D eigenvalue weighted by atomic mass is 10.0. The Labute approximate surface area is 159 Å². The number of hydrogen-bond donors (Lipinski definition) is 0. The Hall–Kier alpha value is -2.27. The smallest absolute Gasteiger partial charge is 0.127 e. The zero-order valence-electron chi connectivity index (χ0n) is 16.6. The van der Waals surface area contributed by atoms with Gasteiger partial charge in [0.15, 0.2) is 0 Å². The summed E-state index contributed by atoms with van der Waals surface area (Å²) in [6, 6.07) is 17.6. The van der Waals surface area contributed by atoms with Crippen molar-refractivity contribution in [1.82, 2.24) is 0 Å². The van der Waals surface area contributed by atoms with Gasteiger partial charge >= 0.3 is 0 Å². The summed E-state index contributed by atoms with van der Waals surface area (Å²) in [5.74, 6) is 6.72. The van der Waals surface area contributed by atoms with E-state index in [4.69, 9.17) is 0 Å². The molecule has 0 radical (unpaired) electrons. The second kappa shape index (κ2) is 6.80. The van der Waals surface area contributed by atoms with Crippen LogP contribution in [0.15, 0.2) is 48.5 Å². The van der Waals surface area contributed by atoms with Crippen molar-refractivity contribution in [1.29, 1.82) is 0 Å². The molecule has 0 spiro atoms. The fraction of sp³-hybridized carbons (Fsp3) is 0.250. The molecule has 0 saturated carbocycles. The molecule has 0 aliphatic carbocycles. The van der Waals surface area contributed by atoms with Crippen LogP contribution in [0.25, 0.3) is 21.5 Å². The van der Waals surface area contributed by atoms with E-state index < -0.39 is 16.1 Å². The second-order valence-corrected chi connectivity index (χ2v) is 18.5. The summed E-state index contributed by atoms with van der Waals surface area (Å²) in [5, 5.41) is 5.01. The molecule has 0 bridgehead atoms. The molecule has 0 N–H and O–H groups in total. The average molecular weight is 371 g/mol. The van der Waals surface area contributed by atoms with Crippen molar-refractivity contribution >= 4 is 37.7 Å². The minimum Gasteiger partial charge on any atom is -0.127 e. The van der Waals surface area contributed by atoms with Gasteiger partial charge in [0.05, 0.1) is 0 Å². The predicted molar refractivity (Wildman–Crippen MR) is 122 cm³/mol. The van der Waals surface area contributed by atoms with Gasteiger partial charge in [0, 0.05) is 11.1 Å². The molecule has 3 aromatic carbocycles. The first-order valence-electron chi connectivity index (χ1n) is 9.13. The van der Waals surface area contributed by atoms with Gasteiger partial charge in [0.25, 0.3) is 0 Å². The SMILES string of the molecule is C[Si](C)(C)C#Cc1ccc2cc3cc(C#C[Si](C)(C)C)ccc3cc2c1. The summed E-state index contributed by atoms with van der Waals surface area (Å²) in [6.07, 6.45) is 0. The minimum atomic E-state index is -1.35. The molecule has 0 fully saturated rings. The van der Waals surface area contributed by atoms with E-state index in [0.29, 0.717) is 0 Å². The van der Waals surface area contributed by atoms with Crippen molar-refractivity contribution in [2.45, 2.75) is 39.3 Å². The minimum absolute atomic E-state index is 1.11. The van der Waals surface area contributed by atoms with Crippen LogP contribution in [0.4, 0.5) is 0 Å². The second-order valence-electron chi connectivity index (χ2n) is 8.98. The molecule has 0 heterocycles. The topological polar surface area (TPSA) is 0 Å². The molecule has 0 nitrogen and oxygen atoms in total. The van der Waals surface area contributed by atoms with E-state index in [1.165, 1.54) is 21.5 Å². The largest absolute Gasteiger partial charge is 0.129 e. The number of rotatable bonds is 0. The van der Waals surface area contributed by atoms with Gasteiger partial charge in [-0.1, -0.05) is 63.3 Å². The van der Waals surface area contributed by atoms with Gasteiger partial charge in [-0.3, -0.25) is 0 Å². The van der Waals surface area contributed by atoms with Crippen LogP contribution in [0.5, 0.6) is 0 Å². The van der Waals surface area contributed by atoms with Gasteiger partial charge in [-0.2, -0.15) is 0 Å². The summed E-state index contributed by atoms with van der Waals surface area (Å²) >= 11 is 0. The zero-order chi connectivity index (χ0) is 18.9. The molecule has 2 heteroatoms. The highest BCUT2D eigenvalue weighted by Gasteiger charge is 2.08. The van der Waals surface area contributed by atoms with Gasteiger partial charge in [0.2, 0.25) is 0 Å². The van der Waals surface area contributed by atoms with E-state index in [-0.39, 0.29) is 0 Å². The van der Waals surface area contributed by atoms with Crippen molar-refractivity contribution < 1.29 is 0 Å². The first kappa shape index (κ1) is 18.5. The molecule has 0 atom stereocenters. The molecule has 0 aliphatic rings. The van der Waals surface area contributed by atoms with Crippen LogP contribution < -0.4 is 0 Å². The van der Waals surface area contributed by atoms with E-state index in [9.17, 15) is 0 Å². The normalized spacial score (nSPS) is 11.6. The third-order valence-electron chi connectivity index (χ3n) is 3.96. The standard InChI is InChI=1S/C24H26Si2/c1-25(2,3)13-11-19-7-9-21-18-24-16-20(12-14-26(4,5)6)8-10-22(24)17-23(21)15-19/h7-10,15-18H,1-6H3. The molecule has 0 saturated heterocycles. The summed E-state index contributed by atoms with van der Waals surface area (Å²) < 4.78 is 0. The molecule has 0 unspecified atom stereocenters. The lowest BCUT2D eigenvalue weighted by molar-refractivity contribution is 1.69. The first-order chi connectivity index (χ1) is 12.1. The maximum absolute atomic E-state index is 3.45. The Kier molecular flexibility index (Phi) is 4.85. The predicted octanol–water partition coefficient (Wildman–Crippen LogP) is 6.45. The van der Waals surface area contributed by atoms with Crippen molar-refractivity contribution in [2.75, 3.05) is 0 Å². The van der Waals surface area contributed by atoms with E-state index in [1.54, 1.807) is 0 Å². The summed E-state index contributed by atoms with van der Waals surface area (Å²) in [4.78, 5) is 0. The zero-order valence-corrected chi connectivity index (χ0v) is 18.6. The van der Waals surface area contributed by atoms with Crippen LogP contribution in [0, 0.1) is 22.9 Å². The van der Waals surface area contributed by atoms with Crippen molar-refractivity contribution in [2.24, 2.45) is 0 Å². The molecule has 26 heavy (non-hydrogen) atoms. The molecular weight excluding hydrogens is 344 g/mol. The van der Waals surface area contributed by atoms with Gasteiger partial charge in [0.1, 0.15) is 16.1 Å². The molecule has 0 aliphatic heterocycles. The highest BCUT2D eigenvalue weighted by Crippen LogP contribution is 2.24. The molecule has 130 valence electrons. The fourth-order valence-electron chi connectivity index (χ4n) is 2.67. The van der Waals surface area contributed by atoms with Crippen LogP contribution in [0.3, 0.4) is 0 Å². The van der Waals surface area contributed by atoms with E-state index in [2.05, 4.69) is 111 Å². The summed E-state index contributed by atoms with van der Waals surface area (Å²) in [7, 11) is -2.70. The maximum Gasteiger partial charge on any atom is 0.129 e. The lowest BCUT2D eigenvalue weighted by Gasteiger charge is -2.06. The van der Waals surface area contributed by atoms with Crippen LogP contribution >= 0.6 is 0 Å². The average Bonchev–Trinajstić information content (AvgIpc) is 2.54. The third-order valence-corrected chi connectivity index (χ3v) is 5.71. The van der Waals surface area contributed by atoms with E-state index in [0.717, 1.165) is 11.1 Å². The highest BCUT2D eigenvalue weighted by molar-refractivity contribution is 6.84. The Morgan fingerprint density at radius 3 is 1.23 bits per heavy atom. The maximum atomic E-state index is 3.45. The van der Waals surface area contributed by atoms with Crippen molar-refractivity contribution in [3.63, 3.8) is 0 Å². The monoisotopic (exact) mass is 370 g/mol. The highest BCUT2D eigenvalue weighted by atomic mass is 28.3. The molecule has 0 aromatic heterocycles. The molecular formula is C24H26Si2. The molecule has 0 amide bonds. The number of hydrogen-bond acceptors (Lipinski definition) is 0. The molecule has 3 rings (SSSR count). The number of benzene rings is 3. The third kappa shape index (κ3) is 4.88. The van der Waals surface area contributed by atoms with Crippen molar-refractivity contribution in [3.05, 3.63) is 59.7 Å². The summed E-state index contributed by atoms with van der Waals surface area (Å²) in [5.41, 5.74) is 9.12. The fourth-order valence-corrected chi connectivity index (χ4v) is 3.71. The Morgan fingerprint density at radius 1 is 0.500 bits per heavy atom. The Balaban J connectivity index is 2.04. The Morgan fingerprint density at radius 2 is 0.885 bits per heavy atom. The van der Waals surface area contributed by atoms with Crippen LogP contribution in [-0.4, -0.2) is 16.1 Å². The quantitative estimate of drug-likeness (QED) is 0.242. The van der Waals surface area contributed by atoms with Crippen LogP contribution in [0.2, 0.25) is 39.3 Å². The van der Waals surface area contributed by atoms with Gasteiger partial charge in [-0.05, 0) is 57.9 Å². The summed E-state index contributed by atoms with van der Waals surface area (Å²) in [6.45, 7) is 13.6. The van der Waals surface area contributed by atoms with Crippen LogP contribution in [-0.2, 0) is 0 Å². The van der Waals surface area contributed by atoms with E-state index in [1.807, 2.05) is 0 Å².